The molecular weight excluding hydrogens is 290 g/mol. The second kappa shape index (κ2) is 5.91. The molecule has 0 radical (unpaired) electrons. The number of alkyl halides is 3. The molecule has 0 fully saturated rings. The van der Waals surface area contributed by atoms with Gasteiger partial charge in [0.2, 0.25) is 9.68 Å². The monoisotopic (exact) mass is 300 g/mol. The van der Waals surface area contributed by atoms with Crippen molar-refractivity contribution in [2.24, 2.45) is 5.73 Å². The van der Waals surface area contributed by atoms with Crippen LogP contribution in [0.5, 0.6) is 0 Å². The Hall–Kier alpha value is -0.490. The summed E-state index contributed by atoms with van der Waals surface area (Å²) in [7, 11) is 0. The van der Waals surface area contributed by atoms with E-state index < -0.39 is 9.76 Å². The van der Waals surface area contributed by atoms with Crippen molar-refractivity contribution in [2.45, 2.75) is 23.2 Å². The maximum Gasteiger partial charge on any atom is 0.360 e. The van der Waals surface area contributed by atoms with Gasteiger partial charge in [-0.2, -0.15) is 0 Å². The average molecular weight is 302 g/mol. The summed E-state index contributed by atoms with van der Waals surface area (Å²) < 4.78 is 8.10. The number of carbonyl (C=O) groups excluding carboxylic acids is 1. The molecule has 0 unspecified atom stereocenters. The van der Waals surface area contributed by atoms with E-state index in [1.165, 1.54) is 0 Å². The Balaban J connectivity index is 2.61. The lowest BCUT2D eigenvalue weighted by Crippen LogP contribution is -2.17. The summed E-state index contributed by atoms with van der Waals surface area (Å²) in [6.07, 6.45) is 1.80. The lowest BCUT2D eigenvalue weighted by atomic mass is 10.2. The minimum Gasteiger partial charge on any atom is -0.456 e. The van der Waals surface area contributed by atoms with E-state index in [0.717, 1.165) is 6.26 Å². The van der Waals surface area contributed by atoms with Crippen molar-refractivity contribution in [3.8, 4) is 0 Å². The zero-order valence-electron chi connectivity index (χ0n) is 8.95. The lowest BCUT2D eigenvalue weighted by Gasteiger charge is -2.09. The van der Waals surface area contributed by atoms with Crippen molar-refractivity contribution in [3.05, 3.63) is 17.8 Å². The van der Waals surface area contributed by atoms with Gasteiger partial charge in [0, 0.05) is 0 Å². The van der Waals surface area contributed by atoms with Gasteiger partial charge in [-0.1, -0.05) is 41.7 Å². The topological polar surface area (TPSA) is 78.3 Å². The number of carbonyl (C=O) groups is 1. The molecule has 1 aromatic rings. The predicted octanol–water partition coefficient (Wildman–Crippen LogP) is 2.61. The summed E-state index contributed by atoms with van der Waals surface area (Å²) in [4.78, 5) is 15.3. The standard InChI is InChI=1S/C9H11Cl3N2O3/c1-2-5(13)7-14-6(3-16-7)8(15)17-4-9(10,11)12/h3,5H,2,4,13H2,1H3/t5-/m1/s1. The molecule has 0 bridgehead atoms. The molecule has 0 aromatic carbocycles. The van der Waals surface area contributed by atoms with E-state index in [2.05, 4.69) is 4.98 Å². The molecule has 2 N–H and O–H groups in total. The van der Waals surface area contributed by atoms with Gasteiger partial charge in [-0.15, -0.1) is 0 Å². The maximum absolute atomic E-state index is 11.5. The number of oxazole rings is 1. The average Bonchev–Trinajstić information content (AvgIpc) is 2.73. The molecule has 1 heterocycles. The highest BCUT2D eigenvalue weighted by Gasteiger charge is 2.24. The second-order valence-electron chi connectivity index (χ2n) is 3.28. The van der Waals surface area contributed by atoms with E-state index in [9.17, 15) is 4.79 Å². The Morgan fingerprint density at radius 1 is 1.65 bits per heavy atom. The third kappa shape index (κ3) is 4.71. The first-order valence-corrected chi connectivity index (χ1v) is 5.91. The zero-order valence-corrected chi connectivity index (χ0v) is 11.2. The number of rotatable bonds is 4. The third-order valence-electron chi connectivity index (χ3n) is 1.86. The van der Waals surface area contributed by atoms with Crippen molar-refractivity contribution in [1.82, 2.24) is 4.98 Å². The molecule has 0 saturated heterocycles. The van der Waals surface area contributed by atoms with E-state index in [1.807, 2.05) is 6.92 Å². The van der Waals surface area contributed by atoms with Crippen LogP contribution in [0.25, 0.3) is 0 Å². The summed E-state index contributed by atoms with van der Waals surface area (Å²) in [5.41, 5.74) is 5.68. The first kappa shape index (κ1) is 14.6. The number of hydrogen-bond acceptors (Lipinski definition) is 5. The van der Waals surface area contributed by atoms with Gasteiger partial charge in [-0.25, -0.2) is 9.78 Å². The quantitative estimate of drug-likeness (QED) is 0.683. The first-order chi connectivity index (χ1) is 7.83. The molecule has 0 aliphatic carbocycles. The van der Waals surface area contributed by atoms with Gasteiger partial charge in [0.25, 0.3) is 0 Å². The number of hydrogen-bond donors (Lipinski definition) is 1. The van der Waals surface area contributed by atoms with Crippen molar-refractivity contribution >= 4 is 40.8 Å². The summed E-state index contributed by atoms with van der Waals surface area (Å²) in [5.74, 6) is -0.456. The van der Waals surface area contributed by atoms with Crippen LogP contribution in [0.1, 0.15) is 35.8 Å². The number of esters is 1. The fourth-order valence-corrected chi connectivity index (χ4v) is 1.11. The van der Waals surface area contributed by atoms with Crippen LogP contribution in [0.15, 0.2) is 10.7 Å². The molecule has 17 heavy (non-hydrogen) atoms. The number of ether oxygens (including phenoxy) is 1. The van der Waals surface area contributed by atoms with Crippen LogP contribution < -0.4 is 5.73 Å². The van der Waals surface area contributed by atoms with E-state index >= 15 is 0 Å². The molecule has 0 saturated carbocycles. The minimum absolute atomic E-state index is 0.00171. The SMILES string of the molecule is CC[C@@H](N)c1nc(C(=O)OCC(Cl)(Cl)Cl)co1. The molecular formula is C9H11Cl3N2O3. The molecule has 1 aromatic heterocycles. The van der Waals surface area contributed by atoms with Crippen LogP contribution in [0, 0.1) is 0 Å². The van der Waals surface area contributed by atoms with Gasteiger partial charge in [-0.3, -0.25) is 0 Å². The molecule has 8 heteroatoms. The number of nitrogens with two attached hydrogens (primary N) is 1. The smallest absolute Gasteiger partial charge is 0.360 e. The fourth-order valence-electron chi connectivity index (χ4n) is 0.948. The summed E-state index contributed by atoms with van der Waals surface area (Å²) in [6, 6.07) is -0.357. The van der Waals surface area contributed by atoms with Gasteiger partial charge in [0.15, 0.2) is 5.69 Å². The van der Waals surface area contributed by atoms with Gasteiger partial charge < -0.3 is 14.9 Å². The highest BCUT2D eigenvalue weighted by atomic mass is 35.6. The van der Waals surface area contributed by atoms with Crippen LogP contribution in [0.2, 0.25) is 0 Å². The number of nitrogens with zero attached hydrogens (tertiary/aromatic N) is 1. The van der Waals surface area contributed by atoms with E-state index in [0.29, 0.717) is 6.42 Å². The highest BCUT2D eigenvalue weighted by Crippen LogP contribution is 2.26. The van der Waals surface area contributed by atoms with Crippen LogP contribution in [-0.4, -0.2) is 21.4 Å². The Morgan fingerprint density at radius 2 is 2.29 bits per heavy atom. The highest BCUT2D eigenvalue weighted by molar-refractivity contribution is 6.67. The summed E-state index contributed by atoms with van der Waals surface area (Å²) in [6.45, 7) is 1.51. The summed E-state index contributed by atoms with van der Waals surface area (Å²) in [5, 5.41) is 0. The Morgan fingerprint density at radius 3 is 2.82 bits per heavy atom. The molecule has 1 atom stereocenters. The van der Waals surface area contributed by atoms with Crippen molar-refractivity contribution in [1.29, 1.82) is 0 Å². The van der Waals surface area contributed by atoms with E-state index in [1.54, 1.807) is 0 Å². The van der Waals surface area contributed by atoms with Gasteiger partial charge >= 0.3 is 5.97 Å². The Labute approximate surface area is 113 Å². The third-order valence-corrected chi connectivity index (χ3v) is 2.18. The first-order valence-electron chi connectivity index (χ1n) is 4.78. The second-order valence-corrected chi connectivity index (χ2v) is 5.79. The predicted molar refractivity (Wildman–Crippen MR) is 64.3 cm³/mol. The van der Waals surface area contributed by atoms with E-state index in [-0.39, 0.29) is 24.2 Å². The molecule has 0 amide bonds. The van der Waals surface area contributed by atoms with Crippen molar-refractivity contribution in [3.63, 3.8) is 0 Å². The molecule has 0 aliphatic rings. The number of halogens is 3. The van der Waals surface area contributed by atoms with Crippen LogP contribution in [-0.2, 0) is 4.74 Å². The van der Waals surface area contributed by atoms with Crippen LogP contribution in [0.4, 0.5) is 0 Å². The van der Waals surface area contributed by atoms with Crippen LogP contribution in [0.3, 0.4) is 0 Å². The number of aromatic nitrogens is 1. The molecule has 0 spiro atoms. The van der Waals surface area contributed by atoms with Crippen molar-refractivity contribution in [2.75, 3.05) is 6.61 Å². The van der Waals surface area contributed by atoms with Crippen molar-refractivity contribution < 1.29 is 13.9 Å². The maximum atomic E-state index is 11.5. The normalized spacial score (nSPS) is 13.5. The van der Waals surface area contributed by atoms with Gasteiger partial charge in [0.05, 0.1) is 6.04 Å². The minimum atomic E-state index is -1.65. The fraction of sp³-hybridized carbons (Fsp3) is 0.556. The Kier molecular flexibility index (Phi) is 5.06. The molecule has 1 rings (SSSR count). The van der Waals surface area contributed by atoms with Gasteiger partial charge in [-0.05, 0) is 6.42 Å². The van der Waals surface area contributed by atoms with Gasteiger partial charge in [0.1, 0.15) is 12.9 Å². The Bertz CT molecular complexity index is 389. The molecule has 5 nitrogen and oxygen atoms in total. The molecule has 96 valence electrons. The van der Waals surface area contributed by atoms with E-state index in [4.69, 9.17) is 49.7 Å². The molecule has 0 aliphatic heterocycles. The summed E-state index contributed by atoms with van der Waals surface area (Å²) >= 11 is 16.3. The lowest BCUT2D eigenvalue weighted by molar-refractivity contribution is 0.0505. The van der Waals surface area contributed by atoms with Crippen LogP contribution >= 0.6 is 34.8 Å². The largest absolute Gasteiger partial charge is 0.456 e. The zero-order chi connectivity index (χ0) is 13.1.